The molecular formula is C22H26N6. The predicted octanol–water partition coefficient (Wildman–Crippen LogP) is 3.89. The van der Waals surface area contributed by atoms with Gasteiger partial charge in [0.2, 0.25) is 0 Å². The Morgan fingerprint density at radius 2 is 1.82 bits per heavy atom. The number of aryl methyl sites for hydroxylation is 2. The SMILES string of the molecule is CCc1cc(N2CCC(Nc3cccc(C)n3)CC2)nc(-c2ccncc2)n1. The fourth-order valence-corrected chi connectivity index (χ4v) is 3.54. The van der Waals surface area contributed by atoms with Crippen molar-refractivity contribution in [3.8, 4) is 11.4 Å². The Morgan fingerprint density at radius 3 is 2.54 bits per heavy atom. The van der Waals surface area contributed by atoms with Crippen LogP contribution in [-0.2, 0) is 6.42 Å². The van der Waals surface area contributed by atoms with Gasteiger partial charge < -0.3 is 10.2 Å². The molecule has 0 atom stereocenters. The first-order chi connectivity index (χ1) is 13.7. The lowest BCUT2D eigenvalue weighted by Gasteiger charge is -2.33. The van der Waals surface area contributed by atoms with Gasteiger partial charge in [0.15, 0.2) is 5.82 Å². The molecule has 144 valence electrons. The summed E-state index contributed by atoms with van der Waals surface area (Å²) < 4.78 is 0. The van der Waals surface area contributed by atoms with Crippen molar-refractivity contribution in [2.75, 3.05) is 23.3 Å². The molecule has 28 heavy (non-hydrogen) atoms. The van der Waals surface area contributed by atoms with E-state index in [4.69, 9.17) is 9.97 Å². The highest BCUT2D eigenvalue weighted by atomic mass is 15.2. The van der Waals surface area contributed by atoms with E-state index >= 15 is 0 Å². The molecule has 6 nitrogen and oxygen atoms in total. The lowest BCUT2D eigenvalue weighted by atomic mass is 10.0. The zero-order chi connectivity index (χ0) is 19.3. The molecule has 0 unspecified atom stereocenters. The van der Waals surface area contributed by atoms with Crippen LogP contribution in [0.2, 0.25) is 0 Å². The third kappa shape index (κ3) is 4.27. The van der Waals surface area contributed by atoms with Gasteiger partial charge in [-0.15, -0.1) is 0 Å². The highest BCUT2D eigenvalue weighted by Gasteiger charge is 2.21. The first-order valence-corrected chi connectivity index (χ1v) is 9.95. The van der Waals surface area contributed by atoms with Gasteiger partial charge in [0.25, 0.3) is 0 Å². The van der Waals surface area contributed by atoms with E-state index in [9.17, 15) is 0 Å². The van der Waals surface area contributed by atoms with E-state index in [2.05, 4.69) is 33.2 Å². The molecule has 4 heterocycles. The van der Waals surface area contributed by atoms with Gasteiger partial charge in [0.1, 0.15) is 11.6 Å². The van der Waals surface area contributed by atoms with Crippen LogP contribution < -0.4 is 10.2 Å². The molecule has 0 spiro atoms. The van der Waals surface area contributed by atoms with E-state index in [0.717, 1.165) is 66.8 Å². The van der Waals surface area contributed by atoms with Crippen LogP contribution >= 0.6 is 0 Å². The highest BCUT2D eigenvalue weighted by Crippen LogP contribution is 2.24. The number of nitrogens with zero attached hydrogens (tertiary/aromatic N) is 5. The lowest BCUT2D eigenvalue weighted by molar-refractivity contribution is 0.522. The van der Waals surface area contributed by atoms with Crippen molar-refractivity contribution >= 4 is 11.6 Å². The molecule has 1 N–H and O–H groups in total. The average Bonchev–Trinajstić information content (AvgIpc) is 2.74. The Kier molecular flexibility index (Phi) is 5.46. The van der Waals surface area contributed by atoms with Crippen LogP contribution in [0.15, 0.2) is 48.8 Å². The summed E-state index contributed by atoms with van der Waals surface area (Å²) in [5, 5.41) is 3.58. The van der Waals surface area contributed by atoms with Crippen LogP contribution in [0.1, 0.15) is 31.2 Å². The van der Waals surface area contributed by atoms with E-state index in [1.54, 1.807) is 12.4 Å². The zero-order valence-corrected chi connectivity index (χ0v) is 16.5. The topological polar surface area (TPSA) is 66.8 Å². The fraction of sp³-hybridized carbons (Fsp3) is 0.364. The van der Waals surface area contributed by atoms with Gasteiger partial charge in [-0.05, 0) is 50.5 Å². The van der Waals surface area contributed by atoms with E-state index in [-0.39, 0.29) is 0 Å². The molecule has 0 amide bonds. The molecule has 3 aromatic heterocycles. The first-order valence-electron chi connectivity index (χ1n) is 9.95. The predicted molar refractivity (Wildman–Crippen MR) is 112 cm³/mol. The standard InChI is InChI=1S/C22H26N6/c1-3-18-15-21(27-22(26-18)17-7-11-23-12-8-17)28-13-9-19(10-14-28)25-20-6-4-5-16(2)24-20/h4-8,11-12,15,19H,3,9-10,13-14H2,1-2H3,(H,24,25). The first kappa shape index (κ1) is 18.3. The van der Waals surface area contributed by atoms with E-state index in [1.165, 1.54) is 0 Å². The van der Waals surface area contributed by atoms with Crippen molar-refractivity contribution in [1.29, 1.82) is 0 Å². The molecule has 1 aliphatic heterocycles. The second-order valence-electron chi connectivity index (χ2n) is 7.20. The number of hydrogen-bond acceptors (Lipinski definition) is 6. The molecule has 1 aliphatic rings. The summed E-state index contributed by atoms with van der Waals surface area (Å²) in [6.45, 7) is 6.10. The van der Waals surface area contributed by atoms with Crippen molar-refractivity contribution in [2.24, 2.45) is 0 Å². The summed E-state index contributed by atoms with van der Waals surface area (Å²) in [7, 11) is 0. The Morgan fingerprint density at radius 1 is 1.04 bits per heavy atom. The Hall–Kier alpha value is -3.02. The van der Waals surface area contributed by atoms with Crippen LogP contribution in [0, 0.1) is 6.92 Å². The normalized spacial score (nSPS) is 14.9. The number of piperidine rings is 1. The summed E-state index contributed by atoms with van der Waals surface area (Å²) in [6.07, 6.45) is 6.59. The monoisotopic (exact) mass is 374 g/mol. The minimum Gasteiger partial charge on any atom is -0.367 e. The molecule has 3 aromatic rings. The molecule has 0 saturated carbocycles. The van der Waals surface area contributed by atoms with Crippen molar-refractivity contribution in [3.63, 3.8) is 0 Å². The van der Waals surface area contributed by atoms with Crippen molar-refractivity contribution < 1.29 is 0 Å². The minimum atomic E-state index is 0.442. The maximum Gasteiger partial charge on any atom is 0.161 e. The molecule has 1 saturated heterocycles. The molecule has 4 rings (SSSR count). The minimum absolute atomic E-state index is 0.442. The summed E-state index contributed by atoms with van der Waals surface area (Å²) in [5.41, 5.74) is 3.12. The zero-order valence-electron chi connectivity index (χ0n) is 16.5. The van der Waals surface area contributed by atoms with E-state index in [0.29, 0.717) is 6.04 Å². The quantitative estimate of drug-likeness (QED) is 0.731. The Labute approximate surface area is 166 Å². The molecule has 0 aromatic carbocycles. The summed E-state index contributed by atoms with van der Waals surface area (Å²) >= 11 is 0. The summed E-state index contributed by atoms with van der Waals surface area (Å²) in [6, 6.07) is 12.6. The highest BCUT2D eigenvalue weighted by molar-refractivity contribution is 5.57. The number of aromatic nitrogens is 4. The van der Waals surface area contributed by atoms with E-state index in [1.807, 2.05) is 37.3 Å². The number of nitrogens with one attached hydrogen (secondary N) is 1. The molecule has 0 radical (unpaired) electrons. The largest absolute Gasteiger partial charge is 0.367 e. The third-order valence-corrected chi connectivity index (χ3v) is 5.13. The molecule has 1 fully saturated rings. The fourth-order valence-electron chi connectivity index (χ4n) is 3.54. The molecule has 0 bridgehead atoms. The maximum absolute atomic E-state index is 4.85. The van der Waals surface area contributed by atoms with Gasteiger partial charge in [0.05, 0.1) is 0 Å². The van der Waals surface area contributed by atoms with Gasteiger partial charge in [-0.1, -0.05) is 13.0 Å². The van der Waals surface area contributed by atoms with Crippen LogP contribution in [0.25, 0.3) is 11.4 Å². The molecular weight excluding hydrogens is 348 g/mol. The molecule has 0 aliphatic carbocycles. The van der Waals surface area contributed by atoms with Gasteiger partial charge in [-0.25, -0.2) is 15.0 Å². The number of anilines is 2. The van der Waals surface area contributed by atoms with Crippen LogP contribution in [0.3, 0.4) is 0 Å². The van der Waals surface area contributed by atoms with Gasteiger partial charge in [0, 0.05) is 54.5 Å². The van der Waals surface area contributed by atoms with Crippen LogP contribution in [-0.4, -0.2) is 39.1 Å². The second-order valence-corrected chi connectivity index (χ2v) is 7.20. The summed E-state index contributed by atoms with van der Waals surface area (Å²) in [5.74, 6) is 2.76. The van der Waals surface area contributed by atoms with Gasteiger partial charge in [-0.3, -0.25) is 4.98 Å². The smallest absolute Gasteiger partial charge is 0.161 e. The van der Waals surface area contributed by atoms with Crippen molar-refractivity contribution in [1.82, 2.24) is 19.9 Å². The van der Waals surface area contributed by atoms with Crippen molar-refractivity contribution in [3.05, 3.63) is 60.2 Å². The molecule has 6 heteroatoms. The second kappa shape index (κ2) is 8.33. The average molecular weight is 374 g/mol. The Bertz CT molecular complexity index is 919. The van der Waals surface area contributed by atoms with E-state index < -0.39 is 0 Å². The van der Waals surface area contributed by atoms with Gasteiger partial charge >= 0.3 is 0 Å². The number of hydrogen-bond donors (Lipinski definition) is 1. The number of pyridine rings is 2. The lowest BCUT2D eigenvalue weighted by Crippen LogP contribution is -2.39. The van der Waals surface area contributed by atoms with Gasteiger partial charge in [-0.2, -0.15) is 0 Å². The third-order valence-electron chi connectivity index (χ3n) is 5.13. The Balaban J connectivity index is 1.47. The van der Waals surface area contributed by atoms with Crippen LogP contribution in [0.5, 0.6) is 0 Å². The maximum atomic E-state index is 4.85. The van der Waals surface area contributed by atoms with Crippen LogP contribution in [0.4, 0.5) is 11.6 Å². The van der Waals surface area contributed by atoms with Crippen molar-refractivity contribution in [2.45, 2.75) is 39.2 Å². The summed E-state index contributed by atoms with van der Waals surface area (Å²) in [4.78, 5) is 20.6. The number of rotatable bonds is 5.